The van der Waals surface area contributed by atoms with Crippen LogP contribution in [-0.2, 0) is 9.63 Å². The number of carbonyl (C=O) groups excluding carboxylic acids is 3. The smallest absolute Gasteiger partial charge is 0.377 e. The van der Waals surface area contributed by atoms with Crippen LogP contribution in [0, 0.1) is 0 Å². The van der Waals surface area contributed by atoms with Gasteiger partial charge in [0, 0.05) is 16.7 Å². The van der Waals surface area contributed by atoms with Gasteiger partial charge < -0.3 is 9.57 Å². The number of rotatable bonds is 5. The van der Waals surface area contributed by atoms with Gasteiger partial charge in [-0.2, -0.15) is 0 Å². The molecule has 6 nitrogen and oxygen atoms in total. The first-order chi connectivity index (χ1) is 14.5. The quantitative estimate of drug-likeness (QED) is 0.528. The summed E-state index contributed by atoms with van der Waals surface area (Å²) in [5.74, 6) is -2.27. The molecule has 4 rings (SSSR count). The maximum Gasteiger partial charge on any atom is 0.377 e. The minimum atomic E-state index is -1.30. The first-order valence-electron chi connectivity index (χ1n) is 8.82. The van der Waals surface area contributed by atoms with E-state index in [0.717, 1.165) is 0 Å². The lowest BCUT2D eigenvalue weighted by Crippen LogP contribution is -2.35. The highest BCUT2D eigenvalue weighted by Crippen LogP contribution is 2.33. The van der Waals surface area contributed by atoms with Crippen LogP contribution in [-0.4, -0.2) is 22.8 Å². The molecule has 0 aliphatic carbocycles. The second-order valence-corrected chi connectivity index (χ2v) is 7.19. The summed E-state index contributed by atoms with van der Waals surface area (Å²) in [4.78, 5) is 43.2. The Balaban J connectivity index is 1.63. The minimum Gasteiger partial charge on any atom is -0.472 e. The minimum absolute atomic E-state index is 0.150. The monoisotopic (exact) mass is 441 g/mol. The molecular weight excluding hydrogens is 429 g/mol. The van der Waals surface area contributed by atoms with E-state index in [0.29, 0.717) is 15.6 Å². The number of carbonyl (C=O) groups is 3. The first kappa shape index (κ1) is 19.9. The number of imide groups is 1. The van der Waals surface area contributed by atoms with Gasteiger partial charge in [0.25, 0.3) is 11.8 Å². The molecule has 2 amide bonds. The van der Waals surface area contributed by atoms with Crippen molar-refractivity contribution in [3.63, 3.8) is 0 Å². The number of amides is 2. The lowest BCUT2D eigenvalue weighted by atomic mass is 10.1. The SMILES string of the molecule is O=C(ON1C(=O)c2ccccc2C1=O)C(Oc1cc(Cl)ccc1Cl)c1ccccc1. The van der Waals surface area contributed by atoms with Crippen molar-refractivity contribution in [3.8, 4) is 5.75 Å². The van der Waals surface area contributed by atoms with Gasteiger partial charge in [-0.15, -0.1) is 0 Å². The Morgan fingerprint density at radius 1 is 0.833 bits per heavy atom. The summed E-state index contributed by atoms with van der Waals surface area (Å²) in [5, 5.41) is 1.02. The highest BCUT2D eigenvalue weighted by molar-refractivity contribution is 6.34. The van der Waals surface area contributed by atoms with E-state index in [2.05, 4.69) is 0 Å². The van der Waals surface area contributed by atoms with Gasteiger partial charge in [-0.3, -0.25) is 9.59 Å². The zero-order valence-corrected chi connectivity index (χ0v) is 16.8. The number of benzene rings is 3. The zero-order chi connectivity index (χ0) is 21.3. The molecule has 0 saturated carbocycles. The van der Waals surface area contributed by atoms with E-state index in [9.17, 15) is 14.4 Å². The summed E-state index contributed by atoms with van der Waals surface area (Å²) in [7, 11) is 0. The lowest BCUT2D eigenvalue weighted by molar-refractivity contribution is -0.177. The Kier molecular flexibility index (Phi) is 5.44. The molecule has 150 valence electrons. The van der Waals surface area contributed by atoms with Crippen LogP contribution in [0.15, 0.2) is 72.8 Å². The van der Waals surface area contributed by atoms with Gasteiger partial charge in [-0.1, -0.05) is 70.7 Å². The van der Waals surface area contributed by atoms with Crippen molar-refractivity contribution in [3.05, 3.63) is 99.5 Å². The van der Waals surface area contributed by atoms with Gasteiger partial charge in [-0.05, 0) is 24.3 Å². The Hall–Kier alpha value is -3.35. The maximum atomic E-state index is 13.0. The molecule has 0 bridgehead atoms. The van der Waals surface area contributed by atoms with Gasteiger partial charge in [0.2, 0.25) is 6.10 Å². The fraction of sp³-hybridized carbons (Fsp3) is 0.0455. The molecule has 0 N–H and O–H groups in total. The van der Waals surface area contributed by atoms with Crippen LogP contribution in [0.1, 0.15) is 32.4 Å². The predicted molar refractivity (Wildman–Crippen MR) is 109 cm³/mol. The molecule has 3 aromatic carbocycles. The van der Waals surface area contributed by atoms with Crippen LogP contribution in [0.4, 0.5) is 0 Å². The topological polar surface area (TPSA) is 72.9 Å². The normalized spacial score (nSPS) is 13.7. The summed E-state index contributed by atoms with van der Waals surface area (Å²) in [6, 6.07) is 19.2. The molecule has 8 heteroatoms. The standard InChI is InChI=1S/C22H13Cl2NO5/c23-14-10-11-17(24)18(12-14)29-19(13-6-2-1-3-7-13)22(28)30-25-20(26)15-8-4-5-9-16(15)21(25)27/h1-12,19H. The van der Waals surface area contributed by atoms with Crippen molar-refractivity contribution in [1.82, 2.24) is 5.06 Å². The van der Waals surface area contributed by atoms with Crippen molar-refractivity contribution >= 4 is 41.0 Å². The number of hydrogen-bond donors (Lipinski definition) is 0. The van der Waals surface area contributed by atoms with Gasteiger partial charge in [-0.25, -0.2) is 4.79 Å². The molecule has 0 saturated heterocycles. The predicted octanol–water partition coefficient (Wildman–Crippen LogP) is 4.87. The summed E-state index contributed by atoms with van der Waals surface area (Å²) in [6.45, 7) is 0. The molecule has 0 radical (unpaired) electrons. The summed E-state index contributed by atoms with van der Waals surface area (Å²) in [6.07, 6.45) is -1.30. The fourth-order valence-electron chi connectivity index (χ4n) is 2.96. The largest absolute Gasteiger partial charge is 0.472 e. The highest BCUT2D eigenvalue weighted by atomic mass is 35.5. The molecule has 3 aromatic rings. The third kappa shape index (κ3) is 3.75. The van der Waals surface area contributed by atoms with E-state index in [-0.39, 0.29) is 21.9 Å². The molecule has 1 aliphatic heterocycles. The third-order valence-electron chi connectivity index (χ3n) is 4.39. The van der Waals surface area contributed by atoms with E-state index in [4.69, 9.17) is 32.8 Å². The van der Waals surface area contributed by atoms with Gasteiger partial charge in [0.1, 0.15) is 5.75 Å². The Morgan fingerprint density at radius 3 is 2.07 bits per heavy atom. The van der Waals surface area contributed by atoms with Gasteiger partial charge >= 0.3 is 5.97 Å². The summed E-state index contributed by atoms with van der Waals surface area (Å²) in [5.41, 5.74) is 0.755. The lowest BCUT2D eigenvalue weighted by Gasteiger charge is -2.21. The van der Waals surface area contributed by atoms with Crippen LogP contribution in [0.25, 0.3) is 0 Å². The van der Waals surface area contributed by atoms with Crippen molar-refractivity contribution in [1.29, 1.82) is 0 Å². The first-order valence-corrected chi connectivity index (χ1v) is 9.57. The zero-order valence-electron chi connectivity index (χ0n) is 15.2. The Bertz CT molecular complexity index is 1110. The number of hydroxylamine groups is 2. The molecule has 0 fully saturated rings. The van der Waals surface area contributed by atoms with E-state index in [1.807, 2.05) is 0 Å². The van der Waals surface area contributed by atoms with Gasteiger partial charge in [0.05, 0.1) is 16.1 Å². The number of ether oxygens (including phenoxy) is 1. The second-order valence-electron chi connectivity index (χ2n) is 6.34. The van der Waals surface area contributed by atoms with Crippen molar-refractivity contribution in [2.45, 2.75) is 6.10 Å². The third-order valence-corrected chi connectivity index (χ3v) is 4.94. The fourth-order valence-corrected chi connectivity index (χ4v) is 3.29. The van der Waals surface area contributed by atoms with E-state index in [1.165, 1.54) is 24.3 Å². The van der Waals surface area contributed by atoms with Crippen molar-refractivity contribution < 1.29 is 24.0 Å². The molecule has 1 unspecified atom stereocenters. The van der Waals surface area contributed by atoms with Crippen LogP contribution >= 0.6 is 23.2 Å². The molecular formula is C22H13Cl2NO5. The average molecular weight is 442 g/mol. The van der Waals surface area contributed by atoms with Gasteiger partial charge in [0.15, 0.2) is 0 Å². The summed E-state index contributed by atoms with van der Waals surface area (Å²) < 4.78 is 5.79. The molecule has 30 heavy (non-hydrogen) atoms. The number of hydrogen-bond acceptors (Lipinski definition) is 5. The van der Waals surface area contributed by atoms with E-state index >= 15 is 0 Å². The molecule has 0 spiro atoms. The molecule has 1 heterocycles. The molecule has 0 aromatic heterocycles. The summed E-state index contributed by atoms with van der Waals surface area (Å²) >= 11 is 12.2. The number of fused-ring (bicyclic) bond motifs is 1. The van der Waals surface area contributed by atoms with Crippen LogP contribution < -0.4 is 4.74 Å². The number of halogens is 2. The second kappa shape index (κ2) is 8.18. The maximum absolute atomic E-state index is 13.0. The van der Waals surface area contributed by atoms with Crippen LogP contribution in [0.5, 0.6) is 5.75 Å². The molecule has 1 atom stereocenters. The average Bonchev–Trinajstić information content (AvgIpc) is 3.00. The number of nitrogens with zero attached hydrogens (tertiary/aromatic N) is 1. The highest BCUT2D eigenvalue weighted by Gasteiger charge is 2.40. The van der Waals surface area contributed by atoms with Crippen LogP contribution in [0.2, 0.25) is 10.0 Å². The van der Waals surface area contributed by atoms with E-state index in [1.54, 1.807) is 48.5 Å². The van der Waals surface area contributed by atoms with Crippen molar-refractivity contribution in [2.75, 3.05) is 0 Å². The van der Waals surface area contributed by atoms with E-state index < -0.39 is 23.9 Å². The van der Waals surface area contributed by atoms with Crippen LogP contribution in [0.3, 0.4) is 0 Å². The Morgan fingerprint density at radius 2 is 1.43 bits per heavy atom. The van der Waals surface area contributed by atoms with Crippen molar-refractivity contribution in [2.24, 2.45) is 0 Å². The Labute approximate surface area is 181 Å². The molecule has 1 aliphatic rings.